The number of aliphatic hydroxyl groups is 1. The minimum atomic E-state index is -0.845. The zero-order valence-electron chi connectivity index (χ0n) is 12.8. The van der Waals surface area contributed by atoms with Crippen LogP contribution in [0.2, 0.25) is 0 Å². The summed E-state index contributed by atoms with van der Waals surface area (Å²) in [6.07, 6.45) is 4.09. The number of hydrogen-bond acceptors (Lipinski definition) is 2. The molecule has 4 heteroatoms. The molecule has 3 rings (SSSR count). The number of likely N-dealkylation sites (tertiary alicyclic amines) is 1. The second-order valence-electron chi connectivity index (χ2n) is 6.56. The van der Waals surface area contributed by atoms with Gasteiger partial charge in [-0.15, -0.1) is 0 Å². The van der Waals surface area contributed by atoms with Crippen molar-refractivity contribution in [2.24, 2.45) is 16.6 Å². The van der Waals surface area contributed by atoms with Crippen molar-refractivity contribution in [3.63, 3.8) is 0 Å². The summed E-state index contributed by atoms with van der Waals surface area (Å²) in [6, 6.07) is 8.11. The lowest BCUT2D eigenvalue weighted by atomic mass is 9.96. The van der Waals surface area contributed by atoms with E-state index in [9.17, 15) is 5.11 Å². The molecular formula is C17H25N3O. The zero-order valence-corrected chi connectivity index (χ0v) is 12.8. The van der Waals surface area contributed by atoms with Crippen LogP contribution in [0, 0.1) is 5.92 Å². The molecule has 4 nitrogen and oxygen atoms in total. The van der Waals surface area contributed by atoms with E-state index in [-0.39, 0.29) is 0 Å². The quantitative estimate of drug-likeness (QED) is 0.645. The molecule has 114 valence electrons. The molecule has 0 spiro atoms. The SMILES string of the molecule is CC1CCCN(C(N)=NCC2(O)CCc3ccccc32)C1. The van der Waals surface area contributed by atoms with Crippen molar-refractivity contribution in [3.8, 4) is 0 Å². The lowest BCUT2D eigenvalue weighted by molar-refractivity contribution is 0.0482. The van der Waals surface area contributed by atoms with E-state index in [2.05, 4.69) is 22.9 Å². The van der Waals surface area contributed by atoms with Gasteiger partial charge in [-0.05, 0) is 42.7 Å². The number of hydrogen-bond donors (Lipinski definition) is 2. The average Bonchev–Trinajstić information content (AvgIpc) is 2.83. The van der Waals surface area contributed by atoms with E-state index in [1.165, 1.54) is 18.4 Å². The van der Waals surface area contributed by atoms with Crippen LogP contribution in [-0.4, -0.2) is 35.6 Å². The van der Waals surface area contributed by atoms with E-state index in [4.69, 9.17) is 5.73 Å². The summed E-state index contributed by atoms with van der Waals surface area (Å²) in [5.41, 5.74) is 7.55. The van der Waals surface area contributed by atoms with E-state index in [1.54, 1.807) is 0 Å². The summed E-state index contributed by atoms with van der Waals surface area (Å²) in [7, 11) is 0. The average molecular weight is 287 g/mol. The van der Waals surface area contributed by atoms with Gasteiger partial charge in [0.25, 0.3) is 0 Å². The molecule has 1 fully saturated rings. The van der Waals surface area contributed by atoms with Crippen molar-refractivity contribution in [3.05, 3.63) is 35.4 Å². The lowest BCUT2D eigenvalue weighted by Gasteiger charge is -2.32. The number of nitrogens with zero attached hydrogens (tertiary/aromatic N) is 2. The fraction of sp³-hybridized carbons (Fsp3) is 0.588. The van der Waals surface area contributed by atoms with Crippen LogP contribution in [0.15, 0.2) is 29.3 Å². The highest BCUT2D eigenvalue weighted by Gasteiger charge is 2.36. The van der Waals surface area contributed by atoms with Gasteiger partial charge >= 0.3 is 0 Å². The predicted octanol–water partition coefficient (Wildman–Crippen LogP) is 1.87. The van der Waals surface area contributed by atoms with Gasteiger partial charge in [-0.3, -0.25) is 0 Å². The summed E-state index contributed by atoms with van der Waals surface area (Å²) in [4.78, 5) is 6.66. The van der Waals surface area contributed by atoms with Gasteiger partial charge in [0.1, 0.15) is 5.60 Å². The molecule has 0 amide bonds. The van der Waals surface area contributed by atoms with Gasteiger partial charge in [0.05, 0.1) is 6.54 Å². The largest absolute Gasteiger partial charge is 0.383 e. The van der Waals surface area contributed by atoms with Gasteiger partial charge in [0.15, 0.2) is 5.96 Å². The molecule has 2 unspecified atom stereocenters. The van der Waals surface area contributed by atoms with Crippen molar-refractivity contribution >= 4 is 5.96 Å². The molecule has 1 aromatic rings. The number of fused-ring (bicyclic) bond motifs is 1. The van der Waals surface area contributed by atoms with Crippen molar-refractivity contribution in [2.75, 3.05) is 19.6 Å². The minimum absolute atomic E-state index is 0.362. The summed E-state index contributed by atoms with van der Waals surface area (Å²) in [6.45, 7) is 4.57. The third kappa shape index (κ3) is 2.91. The smallest absolute Gasteiger partial charge is 0.191 e. The van der Waals surface area contributed by atoms with Crippen LogP contribution in [0.1, 0.15) is 37.3 Å². The first-order valence-electron chi connectivity index (χ1n) is 7.94. The number of nitrogens with two attached hydrogens (primary N) is 1. The summed E-state index contributed by atoms with van der Waals surface area (Å²) < 4.78 is 0. The number of piperidine rings is 1. The first-order chi connectivity index (χ1) is 10.1. The molecule has 3 N–H and O–H groups in total. The molecule has 1 heterocycles. The van der Waals surface area contributed by atoms with Crippen LogP contribution in [0.5, 0.6) is 0 Å². The highest BCUT2D eigenvalue weighted by Crippen LogP contribution is 2.36. The summed E-state index contributed by atoms with van der Waals surface area (Å²) in [5, 5.41) is 10.9. The van der Waals surface area contributed by atoms with E-state index in [0.29, 0.717) is 18.4 Å². The van der Waals surface area contributed by atoms with Gasteiger partial charge in [-0.1, -0.05) is 31.2 Å². The molecule has 0 aromatic heterocycles. The first-order valence-corrected chi connectivity index (χ1v) is 7.94. The van der Waals surface area contributed by atoms with Crippen LogP contribution in [0.3, 0.4) is 0 Å². The Morgan fingerprint density at radius 1 is 1.48 bits per heavy atom. The molecule has 0 bridgehead atoms. The Morgan fingerprint density at radius 3 is 3.10 bits per heavy atom. The third-order valence-electron chi connectivity index (χ3n) is 4.81. The van der Waals surface area contributed by atoms with Crippen LogP contribution in [-0.2, 0) is 12.0 Å². The topological polar surface area (TPSA) is 61.8 Å². The predicted molar refractivity (Wildman–Crippen MR) is 85.1 cm³/mol. The summed E-state index contributed by atoms with van der Waals surface area (Å²) in [5.74, 6) is 1.25. The maximum atomic E-state index is 10.9. The number of rotatable bonds is 2. The molecule has 21 heavy (non-hydrogen) atoms. The van der Waals surface area contributed by atoms with Crippen LogP contribution >= 0.6 is 0 Å². The van der Waals surface area contributed by atoms with E-state index < -0.39 is 5.60 Å². The van der Waals surface area contributed by atoms with E-state index in [1.807, 2.05) is 18.2 Å². The Kier molecular flexibility index (Phi) is 3.89. The normalized spacial score (nSPS) is 29.5. The summed E-state index contributed by atoms with van der Waals surface area (Å²) >= 11 is 0. The van der Waals surface area contributed by atoms with Crippen molar-refractivity contribution < 1.29 is 5.11 Å². The Hall–Kier alpha value is -1.55. The fourth-order valence-corrected chi connectivity index (χ4v) is 3.54. The molecule has 1 saturated heterocycles. The lowest BCUT2D eigenvalue weighted by Crippen LogP contribution is -2.44. The minimum Gasteiger partial charge on any atom is -0.383 e. The monoisotopic (exact) mass is 287 g/mol. The van der Waals surface area contributed by atoms with Gasteiger partial charge in [-0.25, -0.2) is 4.99 Å². The van der Waals surface area contributed by atoms with Gasteiger partial charge in [0, 0.05) is 13.1 Å². The zero-order chi connectivity index (χ0) is 14.9. The Morgan fingerprint density at radius 2 is 2.29 bits per heavy atom. The van der Waals surface area contributed by atoms with Crippen molar-refractivity contribution in [1.29, 1.82) is 0 Å². The van der Waals surface area contributed by atoms with Crippen molar-refractivity contribution in [1.82, 2.24) is 4.90 Å². The van der Waals surface area contributed by atoms with Gasteiger partial charge in [0.2, 0.25) is 0 Å². The van der Waals surface area contributed by atoms with Crippen LogP contribution in [0.4, 0.5) is 0 Å². The first kappa shape index (κ1) is 14.4. The number of aryl methyl sites for hydroxylation is 1. The second-order valence-corrected chi connectivity index (χ2v) is 6.56. The molecule has 1 aliphatic heterocycles. The molecule has 0 saturated carbocycles. The molecular weight excluding hydrogens is 262 g/mol. The number of aliphatic imine (C=N–C) groups is 1. The number of benzene rings is 1. The van der Waals surface area contributed by atoms with Crippen molar-refractivity contribution in [2.45, 2.75) is 38.2 Å². The Labute approximate surface area is 126 Å². The van der Waals surface area contributed by atoms with E-state index >= 15 is 0 Å². The highest BCUT2D eigenvalue weighted by atomic mass is 16.3. The maximum Gasteiger partial charge on any atom is 0.191 e. The van der Waals surface area contributed by atoms with Gasteiger partial charge < -0.3 is 15.7 Å². The van der Waals surface area contributed by atoms with Gasteiger partial charge in [-0.2, -0.15) is 0 Å². The van der Waals surface area contributed by atoms with Crippen LogP contribution in [0.25, 0.3) is 0 Å². The molecule has 1 aliphatic carbocycles. The Bertz CT molecular complexity index is 543. The van der Waals surface area contributed by atoms with E-state index in [0.717, 1.165) is 31.5 Å². The molecule has 0 radical (unpaired) electrons. The highest BCUT2D eigenvalue weighted by molar-refractivity contribution is 5.78. The maximum absolute atomic E-state index is 10.9. The molecule has 1 aromatic carbocycles. The number of guanidine groups is 1. The third-order valence-corrected chi connectivity index (χ3v) is 4.81. The fourth-order valence-electron chi connectivity index (χ4n) is 3.54. The second kappa shape index (κ2) is 5.68. The van der Waals surface area contributed by atoms with Crippen LogP contribution < -0.4 is 5.73 Å². The standard InChI is InChI=1S/C17H25N3O/c1-13-5-4-10-20(11-13)16(18)19-12-17(21)9-8-14-6-2-3-7-15(14)17/h2-3,6-7,13,21H,4-5,8-12H2,1H3,(H2,18,19). The molecule has 2 aliphatic rings. The molecule has 2 atom stereocenters. The Balaban J connectivity index is 1.71.